The van der Waals surface area contributed by atoms with Gasteiger partial charge in [-0.05, 0) is 6.42 Å². The van der Waals surface area contributed by atoms with E-state index in [0.717, 1.165) is 64.6 Å². The molecule has 3 aliphatic rings. The lowest BCUT2D eigenvalue weighted by atomic mass is 10.1. The molecule has 0 saturated carbocycles. The predicted molar refractivity (Wildman–Crippen MR) is 97.9 cm³/mol. The van der Waals surface area contributed by atoms with Gasteiger partial charge in [-0.15, -0.1) is 0 Å². The Bertz CT molecular complexity index is 987. The van der Waals surface area contributed by atoms with Crippen LogP contribution in [0.2, 0.25) is 0 Å². The van der Waals surface area contributed by atoms with Gasteiger partial charge in [-0.2, -0.15) is 0 Å². The number of anilines is 1. The highest BCUT2D eigenvalue weighted by Gasteiger charge is 2.23. The van der Waals surface area contributed by atoms with Crippen LogP contribution >= 0.6 is 0 Å². The first kappa shape index (κ1) is 15.5. The van der Waals surface area contributed by atoms with E-state index in [1.807, 2.05) is 18.2 Å². The van der Waals surface area contributed by atoms with E-state index in [9.17, 15) is 0 Å². The van der Waals surface area contributed by atoms with Crippen molar-refractivity contribution in [1.29, 1.82) is 0 Å². The van der Waals surface area contributed by atoms with Crippen LogP contribution in [0.25, 0.3) is 0 Å². The van der Waals surface area contributed by atoms with Crippen molar-refractivity contribution in [2.75, 3.05) is 37.7 Å². The van der Waals surface area contributed by atoms with Gasteiger partial charge in [0.2, 0.25) is 0 Å². The summed E-state index contributed by atoms with van der Waals surface area (Å²) in [4.78, 5) is 11.6. The normalized spacial score (nSPS) is 16.4. The molecule has 0 radical (unpaired) electrons. The zero-order valence-corrected chi connectivity index (χ0v) is 14.8. The zero-order chi connectivity index (χ0) is 17.5. The second-order valence-electron chi connectivity index (χ2n) is 6.71. The minimum Gasteiger partial charge on any atom is -0.489 e. The first-order valence-electron chi connectivity index (χ1n) is 9.25. The number of benzene rings is 2. The van der Waals surface area contributed by atoms with Gasteiger partial charge in [0.1, 0.15) is 41.1 Å². The van der Waals surface area contributed by atoms with E-state index in [-0.39, 0.29) is 0 Å². The molecule has 0 aromatic heterocycles. The Hall–Kier alpha value is -2.76. The van der Waals surface area contributed by atoms with Crippen molar-refractivity contribution < 1.29 is 14.2 Å². The lowest BCUT2D eigenvalue weighted by Gasteiger charge is -2.32. The molecule has 26 heavy (non-hydrogen) atoms. The summed E-state index contributed by atoms with van der Waals surface area (Å²) in [7, 11) is 0. The Balaban J connectivity index is 1.59. The highest BCUT2D eigenvalue weighted by molar-refractivity contribution is 5.72. The molecule has 0 saturated heterocycles. The smallest absolute Gasteiger partial charge is 0.155 e. The number of ether oxygens (including phenoxy) is 3. The second-order valence-corrected chi connectivity index (χ2v) is 6.71. The quantitative estimate of drug-likeness (QED) is 0.728. The summed E-state index contributed by atoms with van der Waals surface area (Å²) in [5.41, 5.74) is 1.88. The summed E-state index contributed by atoms with van der Waals surface area (Å²) < 4.78 is 17.7. The van der Waals surface area contributed by atoms with Gasteiger partial charge < -0.3 is 19.1 Å². The summed E-state index contributed by atoms with van der Waals surface area (Å²) in [6.07, 6.45) is 2.34. The summed E-state index contributed by atoms with van der Waals surface area (Å²) in [5, 5.41) is 1.60. The molecule has 0 amide bonds. The average Bonchev–Trinajstić information content (AvgIpc) is 2.67. The number of rotatable bonds is 3. The molecule has 6 nitrogen and oxygen atoms in total. The Morgan fingerprint density at radius 1 is 0.962 bits per heavy atom. The van der Waals surface area contributed by atoms with Crippen molar-refractivity contribution in [3.8, 4) is 23.0 Å². The minimum absolute atomic E-state index is 0.609. The van der Waals surface area contributed by atoms with Crippen molar-refractivity contribution in [3.05, 3.63) is 35.0 Å². The number of fused-ring (bicyclic) bond motifs is 4. The minimum atomic E-state index is 0.609. The maximum absolute atomic E-state index is 6.17. The van der Waals surface area contributed by atoms with Crippen LogP contribution in [-0.4, -0.2) is 32.8 Å². The molecule has 2 aromatic carbocycles. The van der Waals surface area contributed by atoms with E-state index in [1.54, 1.807) is 0 Å². The van der Waals surface area contributed by atoms with Crippen molar-refractivity contribution in [3.63, 3.8) is 0 Å². The molecule has 0 N–H and O–H groups in total. The molecule has 134 valence electrons. The number of nitrogens with zero attached hydrogens (tertiary/aromatic N) is 3. The molecular formula is C20H21N3O3. The van der Waals surface area contributed by atoms with Crippen molar-refractivity contribution in [2.45, 2.75) is 19.8 Å². The Morgan fingerprint density at radius 3 is 2.77 bits per heavy atom. The predicted octanol–water partition coefficient (Wildman–Crippen LogP) is 2.75. The fourth-order valence-corrected chi connectivity index (χ4v) is 3.55. The average molecular weight is 351 g/mol. The largest absolute Gasteiger partial charge is 0.489 e. The second kappa shape index (κ2) is 6.20. The summed E-state index contributed by atoms with van der Waals surface area (Å²) in [6, 6.07) is 7.86. The summed E-state index contributed by atoms with van der Waals surface area (Å²) in [5.74, 6) is 3.14. The standard InChI is InChI=1S/C20H21N3O3/c1-2-3-5-23-6-8-25-20-11-15-19(12-16(20)23)26-18-9-13-17(10-14(18)22-15)24-7-4-21-13/h9-12H,2-8H2,1H3. The number of hydrogen-bond donors (Lipinski definition) is 0. The van der Waals surface area contributed by atoms with Crippen LogP contribution in [0.5, 0.6) is 23.0 Å². The first-order valence-corrected chi connectivity index (χ1v) is 9.25. The van der Waals surface area contributed by atoms with E-state index in [1.165, 1.54) is 6.42 Å². The number of unbranched alkanes of at least 4 members (excludes halogenated alkanes) is 1. The van der Waals surface area contributed by atoms with Gasteiger partial charge >= 0.3 is 0 Å². The highest BCUT2D eigenvalue weighted by Crippen LogP contribution is 2.44. The van der Waals surface area contributed by atoms with E-state index in [4.69, 9.17) is 19.2 Å². The van der Waals surface area contributed by atoms with E-state index < -0.39 is 0 Å². The molecule has 0 spiro atoms. The van der Waals surface area contributed by atoms with Gasteiger partial charge in [-0.25, -0.2) is 4.99 Å². The molecule has 2 aromatic rings. The van der Waals surface area contributed by atoms with E-state index in [2.05, 4.69) is 22.9 Å². The van der Waals surface area contributed by atoms with Gasteiger partial charge in [0.05, 0.1) is 18.8 Å². The van der Waals surface area contributed by atoms with Gasteiger partial charge in [0, 0.05) is 30.8 Å². The topological polar surface area (TPSA) is 55.7 Å². The molecule has 0 bridgehead atoms. The fourth-order valence-electron chi connectivity index (χ4n) is 3.55. The zero-order valence-electron chi connectivity index (χ0n) is 14.8. The molecule has 6 heteroatoms. The van der Waals surface area contributed by atoms with E-state index >= 15 is 0 Å². The highest BCUT2D eigenvalue weighted by atomic mass is 16.5. The Labute approximate surface area is 151 Å². The maximum Gasteiger partial charge on any atom is 0.155 e. The van der Waals surface area contributed by atoms with Crippen LogP contribution in [0, 0.1) is 0 Å². The monoisotopic (exact) mass is 351 g/mol. The molecule has 5 rings (SSSR count). The molecule has 0 aliphatic carbocycles. The summed E-state index contributed by atoms with van der Waals surface area (Å²) >= 11 is 0. The maximum atomic E-state index is 6.17. The summed E-state index contributed by atoms with van der Waals surface area (Å²) in [6.45, 7) is 6.14. The Kier molecular flexibility index (Phi) is 3.69. The van der Waals surface area contributed by atoms with Crippen LogP contribution in [0.3, 0.4) is 0 Å². The van der Waals surface area contributed by atoms with Crippen LogP contribution in [-0.2, 0) is 0 Å². The fraction of sp³-hybridized carbons (Fsp3) is 0.400. The molecule has 0 fully saturated rings. The van der Waals surface area contributed by atoms with Gasteiger partial charge in [0.15, 0.2) is 11.5 Å². The number of hydrogen-bond acceptors (Lipinski definition) is 6. The lowest BCUT2D eigenvalue weighted by molar-refractivity contribution is 0.306. The molecule has 3 heterocycles. The molecular weight excluding hydrogens is 330 g/mol. The van der Waals surface area contributed by atoms with Gasteiger partial charge in [-0.3, -0.25) is 4.99 Å². The molecule has 0 unspecified atom stereocenters. The van der Waals surface area contributed by atoms with Crippen molar-refractivity contribution >= 4 is 11.4 Å². The van der Waals surface area contributed by atoms with Crippen molar-refractivity contribution in [1.82, 2.24) is 0 Å². The SMILES string of the molecule is CCCCN1CCOc2cc3c(cc21)Oc1cc2c(cc1=N3)OCCN=2. The Morgan fingerprint density at radius 2 is 1.85 bits per heavy atom. The van der Waals surface area contributed by atoms with E-state index in [0.29, 0.717) is 19.8 Å². The van der Waals surface area contributed by atoms with Crippen molar-refractivity contribution in [2.24, 2.45) is 9.98 Å². The third-order valence-corrected chi connectivity index (χ3v) is 4.91. The third kappa shape index (κ3) is 2.57. The first-order chi connectivity index (χ1) is 12.8. The lowest BCUT2D eigenvalue weighted by Crippen LogP contribution is -2.33. The third-order valence-electron chi connectivity index (χ3n) is 4.91. The molecule has 0 atom stereocenters. The van der Waals surface area contributed by atoms with Crippen LogP contribution in [0.1, 0.15) is 19.8 Å². The molecule has 3 aliphatic heterocycles. The van der Waals surface area contributed by atoms with Crippen LogP contribution < -0.4 is 29.8 Å². The van der Waals surface area contributed by atoms with Gasteiger partial charge in [0.25, 0.3) is 0 Å². The van der Waals surface area contributed by atoms with Crippen LogP contribution in [0.15, 0.2) is 34.3 Å². The van der Waals surface area contributed by atoms with Crippen LogP contribution in [0.4, 0.5) is 11.4 Å². The van der Waals surface area contributed by atoms with Gasteiger partial charge in [-0.1, -0.05) is 13.3 Å².